The van der Waals surface area contributed by atoms with E-state index in [1.807, 2.05) is 12.1 Å². The van der Waals surface area contributed by atoms with Gasteiger partial charge in [-0.2, -0.15) is 0 Å². The number of hydrogen-bond acceptors (Lipinski definition) is 2. The Hall–Kier alpha value is -7.30. The van der Waals surface area contributed by atoms with Gasteiger partial charge in [0.05, 0.1) is 33.5 Å². The van der Waals surface area contributed by atoms with Crippen LogP contribution in [-0.2, 0) is 0 Å². The summed E-state index contributed by atoms with van der Waals surface area (Å²) in [4.78, 5) is 10.6. The molecule has 0 radical (unpaired) electrons. The van der Waals surface area contributed by atoms with Crippen LogP contribution in [0.5, 0.6) is 0 Å². The van der Waals surface area contributed by atoms with Crippen molar-refractivity contribution in [2.45, 2.75) is 0 Å². The van der Waals surface area contributed by atoms with Gasteiger partial charge < -0.3 is 4.57 Å². The average molecular weight is 689 g/mol. The van der Waals surface area contributed by atoms with Gasteiger partial charge in [-0.05, 0) is 70.4 Å². The molecule has 0 N–H and O–H groups in total. The zero-order valence-corrected chi connectivity index (χ0v) is 29.3. The van der Waals surface area contributed by atoms with Crippen molar-refractivity contribution in [3.63, 3.8) is 0 Å². The SMILES string of the molecule is c1ccc(-c2cc(-c3ccccc3)nc(-n3c4ccccc4c4c5ccccc5c(-c5ccc6c(c5)c5ccccc5n6-c5ccccc5)cc43)n2)cc1. The molecule has 3 heterocycles. The predicted octanol–water partition coefficient (Wildman–Crippen LogP) is 12.8. The van der Waals surface area contributed by atoms with Gasteiger partial charge in [0.1, 0.15) is 0 Å². The predicted molar refractivity (Wildman–Crippen MR) is 225 cm³/mol. The molecule has 0 fully saturated rings. The normalized spacial score (nSPS) is 11.7. The molecule has 4 nitrogen and oxygen atoms in total. The summed E-state index contributed by atoms with van der Waals surface area (Å²) in [6.45, 7) is 0. The van der Waals surface area contributed by atoms with Crippen LogP contribution in [0.15, 0.2) is 194 Å². The van der Waals surface area contributed by atoms with Crippen LogP contribution < -0.4 is 0 Å². The van der Waals surface area contributed by atoms with Crippen LogP contribution in [0.1, 0.15) is 0 Å². The fraction of sp³-hybridized carbons (Fsp3) is 0. The second kappa shape index (κ2) is 12.1. The summed E-state index contributed by atoms with van der Waals surface area (Å²) < 4.78 is 4.63. The van der Waals surface area contributed by atoms with Gasteiger partial charge in [-0.25, -0.2) is 9.97 Å². The van der Waals surface area contributed by atoms with E-state index in [0.29, 0.717) is 5.95 Å². The van der Waals surface area contributed by atoms with Crippen LogP contribution in [0.3, 0.4) is 0 Å². The molecule has 8 aromatic carbocycles. The maximum atomic E-state index is 5.31. The smallest absolute Gasteiger partial charge is 0.235 e. The van der Waals surface area contributed by atoms with Crippen LogP contribution in [0.25, 0.3) is 99.7 Å². The Morgan fingerprint density at radius 3 is 1.50 bits per heavy atom. The summed E-state index contributed by atoms with van der Waals surface area (Å²) in [5.74, 6) is 0.643. The first-order chi connectivity index (χ1) is 26.8. The molecule has 0 spiro atoms. The van der Waals surface area contributed by atoms with Gasteiger partial charge in [0.2, 0.25) is 5.95 Å². The van der Waals surface area contributed by atoms with Gasteiger partial charge in [0.25, 0.3) is 0 Å². The molecule has 3 aromatic heterocycles. The number of aromatic nitrogens is 4. The number of hydrogen-bond donors (Lipinski definition) is 0. The molecule has 0 aliphatic heterocycles. The Morgan fingerprint density at radius 2 is 0.833 bits per heavy atom. The molecular formula is C50H32N4. The molecule has 0 saturated heterocycles. The van der Waals surface area contributed by atoms with Crippen LogP contribution in [0, 0.1) is 0 Å². The lowest BCUT2D eigenvalue weighted by Crippen LogP contribution is -2.04. The molecular weight excluding hydrogens is 657 g/mol. The molecule has 0 aliphatic rings. The molecule has 0 saturated carbocycles. The van der Waals surface area contributed by atoms with E-state index >= 15 is 0 Å². The van der Waals surface area contributed by atoms with Crippen LogP contribution >= 0.6 is 0 Å². The van der Waals surface area contributed by atoms with Crippen molar-refractivity contribution in [3.05, 3.63) is 194 Å². The van der Waals surface area contributed by atoms with Crippen molar-refractivity contribution in [1.29, 1.82) is 0 Å². The van der Waals surface area contributed by atoms with Crippen molar-refractivity contribution >= 4 is 54.4 Å². The molecule has 54 heavy (non-hydrogen) atoms. The summed E-state index contributed by atoms with van der Waals surface area (Å²) >= 11 is 0. The minimum Gasteiger partial charge on any atom is -0.309 e. The van der Waals surface area contributed by atoms with E-state index in [2.05, 4.69) is 191 Å². The second-order valence-corrected chi connectivity index (χ2v) is 13.8. The highest BCUT2D eigenvalue weighted by Gasteiger charge is 2.21. The number of benzene rings is 8. The molecule has 4 heteroatoms. The lowest BCUT2D eigenvalue weighted by molar-refractivity contribution is 0.996. The van der Waals surface area contributed by atoms with Crippen molar-refractivity contribution in [1.82, 2.24) is 19.1 Å². The molecule has 11 rings (SSSR count). The van der Waals surface area contributed by atoms with E-state index in [1.165, 1.54) is 48.9 Å². The lowest BCUT2D eigenvalue weighted by atomic mass is 9.94. The minimum absolute atomic E-state index is 0.643. The topological polar surface area (TPSA) is 35.6 Å². The van der Waals surface area contributed by atoms with E-state index in [1.54, 1.807) is 0 Å². The largest absolute Gasteiger partial charge is 0.309 e. The highest BCUT2D eigenvalue weighted by molar-refractivity contribution is 6.24. The third-order valence-corrected chi connectivity index (χ3v) is 10.7. The quantitative estimate of drug-likeness (QED) is 0.180. The maximum absolute atomic E-state index is 5.31. The number of nitrogens with zero attached hydrogens (tertiary/aromatic N) is 4. The average Bonchev–Trinajstić information content (AvgIpc) is 3.77. The standard InChI is InChI=1S/C50H32N4/c1-4-16-33(17-5-1)43-32-44(34-18-6-2-7-19-34)52-50(51-43)54-46-27-15-13-25-40(46)49-39-24-11-10-22-37(39)41(31-48(49)54)35-28-29-47-42(30-35)38-23-12-14-26-45(38)53(47)36-20-8-3-9-21-36/h1-32H. The summed E-state index contributed by atoms with van der Waals surface area (Å²) in [7, 11) is 0. The van der Waals surface area contributed by atoms with Crippen LogP contribution in [0.4, 0.5) is 0 Å². The summed E-state index contributed by atoms with van der Waals surface area (Å²) in [5, 5.41) is 7.24. The highest BCUT2D eigenvalue weighted by atomic mass is 15.2. The zero-order valence-electron chi connectivity index (χ0n) is 29.3. The molecule has 0 amide bonds. The number of para-hydroxylation sites is 3. The lowest BCUT2D eigenvalue weighted by Gasteiger charge is -2.14. The van der Waals surface area contributed by atoms with Crippen molar-refractivity contribution in [2.75, 3.05) is 0 Å². The summed E-state index contributed by atoms with van der Waals surface area (Å²) in [5.41, 5.74) is 11.9. The van der Waals surface area contributed by atoms with E-state index in [-0.39, 0.29) is 0 Å². The fourth-order valence-electron chi connectivity index (χ4n) is 8.33. The Balaban J connectivity index is 1.22. The zero-order chi connectivity index (χ0) is 35.6. The number of fused-ring (bicyclic) bond motifs is 8. The fourth-order valence-corrected chi connectivity index (χ4v) is 8.33. The first-order valence-electron chi connectivity index (χ1n) is 18.3. The van der Waals surface area contributed by atoms with Crippen molar-refractivity contribution in [2.24, 2.45) is 0 Å². The second-order valence-electron chi connectivity index (χ2n) is 13.8. The van der Waals surface area contributed by atoms with E-state index in [0.717, 1.165) is 44.8 Å². The van der Waals surface area contributed by atoms with Gasteiger partial charge in [0.15, 0.2) is 0 Å². The maximum Gasteiger partial charge on any atom is 0.235 e. The molecule has 0 atom stereocenters. The monoisotopic (exact) mass is 688 g/mol. The Morgan fingerprint density at radius 1 is 0.315 bits per heavy atom. The number of rotatable bonds is 5. The first kappa shape index (κ1) is 30.3. The van der Waals surface area contributed by atoms with Gasteiger partial charge in [0, 0.05) is 38.4 Å². The van der Waals surface area contributed by atoms with Gasteiger partial charge >= 0.3 is 0 Å². The third kappa shape index (κ3) is 4.70. The van der Waals surface area contributed by atoms with E-state index in [4.69, 9.17) is 9.97 Å². The molecule has 11 aromatic rings. The summed E-state index contributed by atoms with van der Waals surface area (Å²) in [6.07, 6.45) is 0. The Bertz CT molecular complexity index is 3140. The Kier molecular flexibility index (Phi) is 6.82. The van der Waals surface area contributed by atoms with Gasteiger partial charge in [-0.1, -0.05) is 146 Å². The van der Waals surface area contributed by atoms with Crippen LogP contribution in [-0.4, -0.2) is 19.1 Å². The van der Waals surface area contributed by atoms with E-state index in [9.17, 15) is 0 Å². The first-order valence-corrected chi connectivity index (χ1v) is 18.3. The van der Waals surface area contributed by atoms with Crippen molar-refractivity contribution in [3.8, 4) is 45.3 Å². The summed E-state index contributed by atoms with van der Waals surface area (Å²) in [6, 6.07) is 69.0. The van der Waals surface area contributed by atoms with Crippen LogP contribution in [0.2, 0.25) is 0 Å². The minimum atomic E-state index is 0.643. The van der Waals surface area contributed by atoms with E-state index < -0.39 is 0 Å². The van der Waals surface area contributed by atoms with Gasteiger partial charge in [-0.15, -0.1) is 0 Å². The molecule has 0 unspecified atom stereocenters. The molecule has 252 valence electrons. The molecule has 0 bridgehead atoms. The van der Waals surface area contributed by atoms with Crippen molar-refractivity contribution < 1.29 is 0 Å². The molecule has 0 aliphatic carbocycles. The Labute approximate surface area is 311 Å². The highest BCUT2D eigenvalue weighted by Crippen LogP contribution is 2.43. The van der Waals surface area contributed by atoms with Gasteiger partial charge in [-0.3, -0.25) is 4.57 Å². The third-order valence-electron chi connectivity index (χ3n) is 10.7.